The van der Waals surface area contributed by atoms with E-state index < -0.39 is 5.79 Å². The Morgan fingerprint density at radius 1 is 1.48 bits per heavy atom. The molecule has 12 heteroatoms. The summed E-state index contributed by atoms with van der Waals surface area (Å²) in [7, 11) is 0. The van der Waals surface area contributed by atoms with Gasteiger partial charge in [-0.3, -0.25) is 0 Å². The first kappa shape index (κ1) is 18.6. The maximum Gasteiger partial charge on any atom is 0.236 e. The predicted octanol–water partition coefficient (Wildman–Crippen LogP) is 2.22. The van der Waals surface area contributed by atoms with Crippen LogP contribution in [-0.2, 0) is 18.9 Å². The predicted molar refractivity (Wildman–Crippen MR) is 90.7 cm³/mol. The molecule has 0 bridgehead atoms. The van der Waals surface area contributed by atoms with Crippen molar-refractivity contribution in [1.82, 2.24) is 9.36 Å². The van der Waals surface area contributed by atoms with Gasteiger partial charge in [-0.05, 0) is 31.0 Å². The number of hydrogen-bond acceptors (Lipinski definition) is 9. The van der Waals surface area contributed by atoms with Crippen LogP contribution in [0, 0.1) is 0 Å². The molecule has 3 heterocycles. The minimum Gasteiger partial charge on any atom is -0.379 e. The number of azide groups is 1. The lowest BCUT2D eigenvalue weighted by Gasteiger charge is -2.37. The Hall–Kier alpha value is -1.20. The summed E-state index contributed by atoms with van der Waals surface area (Å²) < 4.78 is 27.4. The fraction of sp³-hybridized carbons (Fsp3) is 0.846. The van der Waals surface area contributed by atoms with E-state index in [0.29, 0.717) is 25.0 Å². The Morgan fingerprint density at radius 3 is 3.00 bits per heavy atom. The number of hydrogen-bond donors (Lipinski definition) is 1. The molecule has 0 saturated carbocycles. The highest BCUT2D eigenvalue weighted by Crippen LogP contribution is 2.36. The van der Waals surface area contributed by atoms with Crippen LogP contribution in [0.1, 0.15) is 13.8 Å². The van der Waals surface area contributed by atoms with E-state index in [2.05, 4.69) is 24.7 Å². The SMILES string of the molecule is CC1(C)O[C@@H]2[C@H](O1)[C@H](Nc1nc(Cl)ns1)CO[C@@H]2COCCN=[N+]=[N-]. The van der Waals surface area contributed by atoms with Crippen LogP contribution in [-0.4, -0.2) is 65.9 Å². The van der Waals surface area contributed by atoms with E-state index >= 15 is 0 Å². The molecule has 2 saturated heterocycles. The summed E-state index contributed by atoms with van der Waals surface area (Å²) in [6.07, 6.45) is -0.782. The van der Waals surface area contributed by atoms with Gasteiger partial charge in [0.1, 0.15) is 18.3 Å². The van der Waals surface area contributed by atoms with Gasteiger partial charge in [-0.15, -0.1) is 0 Å². The van der Waals surface area contributed by atoms with Gasteiger partial charge in [0.2, 0.25) is 10.4 Å². The summed E-state index contributed by atoms with van der Waals surface area (Å²) in [5.41, 5.74) is 8.26. The third-order valence-electron chi connectivity index (χ3n) is 3.81. The summed E-state index contributed by atoms with van der Waals surface area (Å²) in [4.78, 5) is 6.78. The lowest BCUT2D eigenvalue weighted by molar-refractivity contribution is -0.159. The molecule has 0 spiro atoms. The average Bonchev–Trinajstić information content (AvgIpc) is 3.11. The highest BCUT2D eigenvalue weighted by Gasteiger charge is 2.52. The van der Waals surface area contributed by atoms with Gasteiger partial charge in [-0.2, -0.15) is 9.36 Å². The van der Waals surface area contributed by atoms with Crippen LogP contribution in [0.5, 0.6) is 0 Å². The molecule has 25 heavy (non-hydrogen) atoms. The second-order valence-corrected chi connectivity index (χ2v) is 7.18. The molecule has 1 aromatic heterocycles. The number of halogens is 1. The van der Waals surface area contributed by atoms with Crippen LogP contribution in [0.2, 0.25) is 5.28 Å². The van der Waals surface area contributed by atoms with Crippen LogP contribution < -0.4 is 5.32 Å². The number of nitrogens with one attached hydrogen (secondary N) is 1. The van der Waals surface area contributed by atoms with E-state index in [1.165, 1.54) is 11.5 Å². The minimum absolute atomic E-state index is 0.143. The van der Waals surface area contributed by atoms with Crippen molar-refractivity contribution in [1.29, 1.82) is 0 Å². The summed E-state index contributed by atoms with van der Waals surface area (Å²) in [6.45, 7) is 5.08. The molecule has 0 amide bonds. The molecule has 0 radical (unpaired) electrons. The molecule has 3 rings (SSSR count). The lowest BCUT2D eigenvalue weighted by atomic mass is 9.98. The standard InChI is InChI=1S/C13H19ClN6O4S/c1-13(2)23-9-7(17-12-18-11(14)19-25-12)5-22-8(10(9)24-13)6-21-4-3-16-20-15/h7-10H,3-6H2,1-2H3,(H,17,18,19)/t7-,8-,9-,10+/m1/s1. The van der Waals surface area contributed by atoms with Gasteiger partial charge >= 0.3 is 0 Å². The fourth-order valence-corrected chi connectivity index (χ4v) is 3.64. The van der Waals surface area contributed by atoms with E-state index in [1.54, 1.807) is 0 Å². The zero-order valence-electron chi connectivity index (χ0n) is 13.8. The Labute approximate surface area is 153 Å². The number of aromatic nitrogens is 2. The molecule has 10 nitrogen and oxygen atoms in total. The van der Waals surface area contributed by atoms with Crippen LogP contribution in [0.4, 0.5) is 5.13 Å². The third kappa shape index (κ3) is 4.70. The quantitative estimate of drug-likeness (QED) is 0.327. The summed E-state index contributed by atoms with van der Waals surface area (Å²) in [5.74, 6) is -0.717. The van der Waals surface area contributed by atoms with E-state index in [4.69, 9.17) is 36.1 Å². The second kappa shape index (κ2) is 8.00. The fourth-order valence-electron chi connectivity index (χ4n) is 2.87. The molecular weight excluding hydrogens is 372 g/mol. The molecule has 0 unspecified atom stereocenters. The number of ether oxygens (including phenoxy) is 4. The van der Waals surface area contributed by atoms with Crippen molar-refractivity contribution in [2.24, 2.45) is 5.11 Å². The minimum atomic E-state index is -0.717. The highest BCUT2D eigenvalue weighted by molar-refractivity contribution is 7.09. The van der Waals surface area contributed by atoms with Gasteiger partial charge in [0.05, 0.1) is 25.9 Å². The van der Waals surface area contributed by atoms with E-state index in [0.717, 1.165) is 0 Å². The Morgan fingerprint density at radius 2 is 2.28 bits per heavy atom. The van der Waals surface area contributed by atoms with Gasteiger partial charge < -0.3 is 24.3 Å². The maximum atomic E-state index is 8.26. The molecule has 1 N–H and O–H groups in total. The molecule has 2 aliphatic heterocycles. The Bertz CT molecular complexity index is 640. The topological polar surface area (TPSA) is 123 Å². The number of nitrogens with zero attached hydrogens (tertiary/aromatic N) is 5. The van der Waals surface area contributed by atoms with Crippen molar-refractivity contribution in [2.45, 2.75) is 44.0 Å². The molecule has 0 aliphatic carbocycles. The van der Waals surface area contributed by atoms with Gasteiger partial charge in [0.15, 0.2) is 5.79 Å². The lowest BCUT2D eigenvalue weighted by Crippen LogP contribution is -2.55. The van der Waals surface area contributed by atoms with Crippen LogP contribution in [0.25, 0.3) is 10.4 Å². The maximum absolute atomic E-state index is 8.26. The number of anilines is 1. The third-order valence-corrected chi connectivity index (χ3v) is 4.72. The van der Waals surface area contributed by atoms with E-state index in [-0.39, 0.29) is 36.2 Å². The normalized spacial score (nSPS) is 30.5. The van der Waals surface area contributed by atoms with Crippen molar-refractivity contribution in [3.63, 3.8) is 0 Å². The van der Waals surface area contributed by atoms with Gasteiger partial charge in [0.25, 0.3) is 0 Å². The monoisotopic (exact) mass is 390 g/mol. The van der Waals surface area contributed by atoms with Crippen LogP contribution in [0.15, 0.2) is 5.11 Å². The first-order valence-electron chi connectivity index (χ1n) is 7.80. The van der Waals surface area contributed by atoms with Gasteiger partial charge in [0, 0.05) is 23.0 Å². The van der Waals surface area contributed by atoms with E-state index in [1.807, 2.05) is 13.8 Å². The molecule has 0 aromatic carbocycles. The van der Waals surface area contributed by atoms with Gasteiger partial charge in [-0.1, -0.05) is 5.11 Å². The largest absolute Gasteiger partial charge is 0.379 e. The molecule has 2 fully saturated rings. The first-order chi connectivity index (χ1) is 12.0. The molecular formula is C13H19ClN6O4S. The summed E-state index contributed by atoms with van der Waals surface area (Å²) >= 11 is 6.94. The Kier molecular flexibility index (Phi) is 5.95. The average molecular weight is 391 g/mol. The van der Waals surface area contributed by atoms with Crippen molar-refractivity contribution in [2.75, 3.05) is 31.7 Å². The Balaban J connectivity index is 1.61. The van der Waals surface area contributed by atoms with Crippen molar-refractivity contribution in [3.05, 3.63) is 15.7 Å². The summed E-state index contributed by atoms with van der Waals surface area (Å²) in [6, 6.07) is -0.143. The number of rotatable bonds is 7. The van der Waals surface area contributed by atoms with Crippen LogP contribution in [0.3, 0.4) is 0 Å². The van der Waals surface area contributed by atoms with Crippen molar-refractivity contribution in [3.8, 4) is 0 Å². The molecule has 138 valence electrons. The van der Waals surface area contributed by atoms with Crippen LogP contribution >= 0.6 is 23.1 Å². The zero-order chi connectivity index (χ0) is 17.9. The van der Waals surface area contributed by atoms with Crippen molar-refractivity contribution < 1.29 is 18.9 Å². The second-order valence-electron chi connectivity index (χ2n) is 6.09. The van der Waals surface area contributed by atoms with Gasteiger partial charge in [-0.25, -0.2) is 0 Å². The van der Waals surface area contributed by atoms with Crippen molar-refractivity contribution >= 4 is 28.3 Å². The van der Waals surface area contributed by atoms with E-state index in [9.17, 15) is 0 Å². The molecule has 2 aliphatic rings. The number of fused-ring (bicyclic) bond motifs is 1. The first-order valence-corrected chi connectivity index (χ1v) is 8.95. The smallest absolute Gasteiger partial charge is 0.236 e. The highest BCUT2D eigenvalue weighted by atomic mass is 35.5. The summed E-state index contributed by atoms with van der Waals surface area (Å²) in [5, 5.41) is 7.49. The molecule has 1 aromatic rings. The zero-order valence-corrected chi connectivity index (χ0v) is 15.4. The molecule has 4 atom stereocenters.